The van der Waals surface area contributed by atoms with Crippen LogP contribution < -0.4 is 10.1 Å². The van der Waals surface area contributed by atoms with Crippen molar-refractivity contribution in [2.45, 2.75) is 20.8 Å². The molecule has 0 heterocycles. The highest BCUT2D eigenvalue weighted by atomic mass is 16.6. The molecular formula is C19H20N2O6. The summed E-state index contributed by atoms with van der Waals surface area (Å²) < 4.78 is 10.1. The molecule has 0 aliphatic rings. The number of nitro groups is 1. The van der Waals surface area contributed by atoms with Crippen LogP contribution in [0, 0.1) is 30.9 Å². The second kappa shape index (κ2) is 8.31. The van der Waals surface area contributed by atoms with Crippen molar-refractivity contribution in [3.63, 3.8) is 0 Å². The molecule has 0 saturated carbocycles. The van der Waals surface area contributed by atoms with Crippen molar-refractivity contribution >= 4 is 23.3 Å². The molecule has 0 aromatic heterocycles. The third-order valence-corrected chi connectivity index (χ3v) is 4.16. The van der Waals surface area contributed by atoms with E-state index < -0.39 is 23.4 Å². The van der Waals surface area contributed by atoms with Crippen LogP contribution in [0.15, 0.2) is 30.3 Å². The van der Waals surface area contributed by atoms with Gasteiger partial charge in [0.15, 0.2) is 12.4 Å². The Labute approximate surface area is 156 Å². The molecule has 0 aliphatic carbocycles. The van der Waals surface area contributed by atoms with E-state index in [-0.39, 0.29) is 11.4 Å². The molecule has 8 heteroatoms. The number of aryl methyl sites for hydroxylation is 2. The zero-order valence-corrected chi connectivity index (χ0v) is 15.5. The average Bonchev–Trinajstić information content (AvgIpc) is 2.63. The first kappa shape index (κ1) is 19.9. The van der Waals surface area contributed by atoms with Crippen LogP contribution in [-0.2, 0) is 9.53 Å². The van der Waals surface area contributed by atoms with Crippen molar-refractivity contribution in [2.75, 3.05) is 19.0 Å². The lowest BCUT2D eigenvalue weighted by molar-refractivity contribution is -0.385. The number of hydrogen-bond donors (Lipinski definition) is 1. The molecule has 27 heavy (non-hydrogen) atoms. The van der Waals surface area contributed by atoms with Gasteiger partial charge >= 0.3 is 11.7 Å². The van der Waals surface area contributed by atoms with Crippen LogP contribution in [0.3, 0.4) is 0 Å². The summed E-state index contributed by atoms with van der Waals surface area (Å²) in [6.45, 7) is 4.82. The van der Waals surface area contributed by atoms with Gasteiger partial charge in [0.2, 0.25) is 0 Å². The molecule has 1 amide bonds. The molecule has 0 aliphatic heterocycles. The second-order valence-corrected chi connectivity index (χ2v) is 5.97. The molecule has 0 radical (unpaired) electrons. The van der Waals surface area contributed by atoms with Gasteiger partial charge in [-0.2, -0.15) is 0 Å². The van der Waals surface area contributed by atoms with Crippen molar-refractivity contribution in [1.82, 2.24) is 0 Å². The Morgan fingerprint density at radius 3 is 2.48 bits per heavy atom. The van der Waals surface area contributed by atoms with Gasteiger partial charge in [-0.25, -0.2) is 4.79 Å². The number of carbonyl (C=O) groups is 2. The summed E-state index contributed by atoms with van der Waals surface area (Å²) in [4.78, 5) is 34.7. The van der Waals surface area contributed by atoms with Crippen LogP contribution in [0.1, 0.15) is 27.0 Å². The fourth-order valence-electron chi connectivity index (χ4n) is 2.48. The summed E-state index contributed by atoms with van der Waals surface area (Å²) in [7, 11) is 1.30. The van der Waals surface area contributed by atoms with E-state index in [2.05, 4.69) is 5.32 Å². The summed E-state index contributed by atoms with van der Waals surface area (Å²) in [5, 5.41) is 13.6. The standard InChI is InChI=1S/C19H20N2O6/c1-11-6-5-7-14(13(11)3)19(23)27-10-18(22)20-15-9-17(26-4)16(21(24)25)8-12(15)2/h5-9H,10H2,1-4H3,(H,20,22). The molecule has 0 bridgehead atoms. The van der Waals surface area contributed by atoms with Gasteiger partial charge in [0, 0.05) is 17.8 Å². The highest BCUT2D eigenvalue weighted by molar-refractivity contribution is 5.96. The van der Waals surface area contributed by atoms with E-state index in [1.165, 1.54) is 19.2 Å². The molecule has 142 valence electrons. The van der Waals surface area contributed by atoms with E-state index in [9.17, 15) is 19.7 Å². The Kier molecular flexibility index (Phi) is 6.12. The fourth-order valence-corrected chi connectivity index (χ4v) is 2.48. The molecule has 0 unspecified atom stereocenters. The number of amides is 1. The highest BCUT2D eigenvalue weighted by Gasteiger charge is 2.19. The average molecular weight is 372 g/mol. The maximum Gasteiger partial charge on any atom is 0.338 e. The van der Waals surface area contributed by atoms with Gasteiger partial charge in [-0.15, -0.1) is 0 Å². The Morgan fingerprint density at radius 1 is 1.15 bits per heavy atom. The Hall–Kier alpha value is -3.42. The predicted molar refractivity (Wildman–Crippen MR) is 99.2 cm³/mol. The van der Waals surface area contributed by atoms with Gasteiger partial charge in [-0.3, -0.25) is 14.9 Å². The molecule has 0 saturated heterocycles. The van der Waals surface area contributed by atoms with Crippen molar-refractivity contribution in [3.8, 4) is 5.75 Å². The van der Waals surface area contributed by atoms with E-state index in [1.54, 1.807) is 26.0 Å². The summed E-state index contributed by atoms with van der Waals surface area (Å²) in [5.74, 6) is -1.13. The third kappa shape index (κ3) is 4.60. The number of benzene rings is 2. The first-order chi connectivity index (χ1) is 12.7. The van der Waals surface area contributed by atoms with Crippen LogP contribution in [0.4, 0.5) is 11.4 Å². The number of carbonyl (C=O) groups excluding carboxylic acids is 2. The van der Waals surface area contributed by atoms with E-state index in [1.807, 2.05) is 13.0 Å². The molecule has 1 N–H and O–H groups in total. The number of nitrogens with one attached hydrogen (secondary N) is 1. The van der Waals surface area contributed by atoms with Crippen LogP contribution in [0.2, 0.25) is 0 Å². The molecule has 2 aromatic rings. The largest absolute Gasteiger partial charge is 0.490 e. The predicted octanol–water partition coefficient (Wildman–Crippen LogP) is 3.32. The number of ether oxygens (including phenoxy) is 2. The minimum absolute atomic E-state index is 0.0216. The number of nitro benzene ring substituents is 1. The van der Waals surface area contributed by atoms with Gasteiger partial charge < -0.3 is 14.8 Å². The monoisotopic (exact) mass is 372 g/mol. The third-order valence-electron chi connectivity index (χ3n) is 4.16. The highest BCUT2D eigenvalue weighted by Crippen LogP contribution is 2.32. The summed E-state index contributed by atoms with van der Waals surface area (Å²) in [6.07, 6.45) is 0. The second-order valence-electron chi connectivity index (χ2n) is 5.97. The van der Waals surface area contributed by atoms with E-state index in [0.29, 0.717) is 16.8 Å². The molecule has 0 fully saturated rings. The van der Waals surface area contributed by atoms with Crippen LogP contribution in [0.5, 0.6) is 5.75 Å². The number of hydrogen-bond acceptors (Lipinski definition) is 6. The van der Waals surface area contributed by atoms with Crippen LogP contribution in [0.25, 0.3) is 0 Å². The Bertz CT molecular complexity index is 907. The van der Waals surface area contributed by atoms with Gasteiger partial charge in [0.25, 0.3) is 5.91 Å². The van der Waals surface area contributed by atoms with Gasteiger partial charge in [0.05, 0.1) is 17.6 Å². The van der Waals surface area contributed by atoms with Crippen molar-refractivity contribution in [2.24, 2.45) is 0 Å². The lowest BCUT2D eigenvalue weighted by Crippen LogP contribution is -2.21. The zero-order chi connectivity index (χ0) is 20.1. The number of methoxy groups -OCH3 is 1. The number of esters is 1. The SMILES string of the molecule is COc1cc(NC(=O)COC(=O)c2cccc(C)c2C)c(C)cc1[N+](=O)[O-]. The topological polar surface area (TPSA) is 108 Å². The van der Waals surface area contributed by atoms with Gasteiger partial charge in [-0.1, -0.05) is 12.1 Å². The molecule has 0 spiro atoms. The maximum absolute atomic E-state index is 12.2. The summed E-state index contributed by atoms with van der Waals surface area (Å²) in [5.41, 5.74) is 2.76. The van der Waals surface area contributed by atoms with Crippen molar-refractivity contribution in [1.29, 1.82) is 0 Å². The van der Waals surface area contributed by atoms with E-state index in [0.717, 1.165) is 11.1 Å². The number of nitrogens with zero attached hydrogens (tertiary/aromatic N) is 1. The Balaban J connectivity index is 2.07. The summed E-state index contributed by atoms with van der Waals surface area (Å²) >= 11 is 0. The lowest BCUT2D eigenvalue weighted by Gasteiger charge is -2.12. The Morgan fingerprint density at radius 2 is 1.85 bits per heavy atom. The first-order valence-electron chi connectivity index (χ1n) is 8.10. The maximum atomic E-state index is 12.2. The normalized spacial score (nSPS) is 10.2. The quantitative estimate of drug-likeness (QED) is 0.473. The lowest BCUT2D eigenvalue weighted by atomic mass is 10.0. The minimum atomic E-state index is -0.593. The van der Waals surface area contributed by atoms with E-state index in [4.69, 9.17) is 9.47 Å². The minimum Gasteiger partial charge on any atom is -0.490 e. The van der Waals surface area contributed by atoms with Crippen molar-refractivity contribution in [3.05, 3.63) is 62.7 Å². The summed E-state index contributed by atoms with van der Waals surface area (Å²) in [6, 6.07) is 7.91. The zero-order valence-electron chi connectivity index (χ0n) is 15.5. The number of rotatable bonds is 6. The van der Waals surface area contributed by atoms with Gasteiger partial charge in [-0.05, 0) is 43.5 Å². The van der Waals surface area contributed by atoms with Crippen LogP contribution in [-0.4, -0.2) is 30.5 Å². The molecule has 0 atom stereocenters. The van der Waals surface area contributed by atoms with Crippen LogP contribution >= 0.6 is 0 Å². The number of anilines is 1. The first-order valence-corrected chi connectivity index (χ1v) is 8.10. The fraction of sp³-hybridized carbons (Fsp3) is 0.263. The molecule has 2 aromatic carbocycles. The van der Waals surface area contributed by atoms with Gasteiger partial charge in [0.1, 0.15) is 0 Å². The molecule has 2 rings (SSSR count). The van der Waals surface area contributed by atoms with Crippen molar-refractivity contribution < 1.29 is 24.0 Å². The van der Waals surface area contributed by atoms with E-state index >= 15 is 0 Å². The smallest absolute Gasteiger partial charge is 0.338 e. The molecular weight excluding hydrogens is 352 g/mol. The molecule has 8 nitrogen and oxygen atoms in total.